The van der Waals surface area contributed by atoms with E-state index in [1.807, 2.05) is 12.3 Å². The topological polar surface area (TPSA) is 16.1 Å². The number of nitrogens with zero attached hydrogens (tertiary/aromatic N) is 2. The lowest BCUT2D eigenvalue weighted by atomic mass is 10.1. The van der Waals surface area contributed by atoms with E-state index in [0.29, 0.717) is 0 Å². The summed E-state index contributed by atoms with van der Waals surface area (Å²) in [6.45, 7) is 5.12. The van der Waals surface area contributed by atoms with E-state index in [1.54, 1.807) is 0 Å². The van der Waals surface area contributed by atoms with Gasteiger partial charge in [0.15, 0.2) is 0 Å². The summed E-state index contributed by atoms with van der Waals surface area (Å²) in [7, 11) is 2.07. The number of halogens is 1. The van der Waals surface area contributed by atoms with Crippen molar-refractivity contribution in [3.8, 4) is 0 Å². The molecule has 0 N–H and O–H groups in total. The van der Waals surface area contributed by atoms with E-state index in [1.165, 1.54) is 16.7 Å². The Morgan fingerprint density at radius 3 is 2.37 bits per heavy atom. The lowest BCUT2D eigenvalue weighted by Crippen LogP contribution is -2.18. The maximum atomic E-state index is 4.45. The normalized spacial score (nSPS) is 10.5. The molecule has 1 aromatic carbocycles. The number of anilines is 1. The van der Waals surface area contributed by atoms with Gasteiger partial charge >= 0.3 is 0 Å². The van der Waals surface area contributed by atoms with E-state index < -0.39 is 0 Å². The number of aryl methyl sites for hydroxylation is 2. The molecule has 3 heteroatoms. The number of hydrogen-bond donors (Lipinski definition) is 0. The van der Waals surface area contributed by atoms with Crippen molar-refractivity contribution < 1.29 is 0 Å². The van der Waals surface area contributed by atoms with E-state index in [4.69, 9.17) is 0 Å². The summed E-state index contributed by atoms with van der Waals surface area (Å²) < 4.78 is 1.07. The number of hydrogen-bond acceptors (Lipinski definition) is 2. The van der Waals surface area contributed by atoms with Gasteiger partial charge in [0.2, 0.25) is 0 Å². The predicted octanol–water partition coefficient (Wildman–Crippen LogP) is 4.35. The third kappa shape index (κ3) is 3.35. The Morgan fingerprint density at radius 2 is 1.74 bits per heavy atom. The van der Waals surface area contributed by atoms with Gasteiger partial charge in [-0.15, -0.1) is 0 Å². The molecule has 0 aliphatic heterocycles. The largest absolute Gasteiger partial charge is 0.354 e. The SMILES string of the molecule is CCc1ccc(CN(C)c2nccc(C)c2Br)cc1. The van der Waals surface area contributed by atoms with Crippen molar-refractivity contribution >= 4 is 21.7 Å². The molecule has 2 rings (SSSR count). The van der Waals surface area contributed by atoms with Gasteiger partial charge in [-0.1, -0.05) is 31.2 Å². The van der Waals surface area contributed by atoms with Crippen LogP contribution in [0.3, 0.4) is 0 Å². The molecule has 0 fully saturated rings. The van der Waals surface area contributed by atoms with E-state index in [2.05, 4.69) is 71.0 Å². The van der Waals surface area contributed by atoms with Gasteiger partial charge in [0.25, 0.3) is 0 Å². The van der Waals surface area contributed by atoms with Gasteiger partial charge in [0.05, 0.1) is 4.47 Å². The highest BCUT2D eigenvalue weighted by Gasteiger charge is 2.09. The van der Waals surface area contributed by atoms with Crippen LogP contribution in [0.25, 0.3) is 0 Å². The van der Waals surface area contributed by atoms with E-state index in [-0.39, 0.29) is 0 Å². The first-order valence-corrected chi connectivity index (χ1v) is 7.31. The third-order valence-electron chi connectivity index (χ3n) is 3.28. The molecule has 0 atom stereocenters. The lowest BCUT2D eigenvalue weighted by Gasteiger charge is -2.20. The van der Waals surface area contributed by atoms with Crippen LogP contribution in [0.15, 0.2) is 41.0 Å². The van der Waals surface area contributed by atoms with Crippen LogP contribution < -0.4 is 4.90 Å². The van der Waals surface area contributed by atoms with Crippen molar-refractivity contribution in [2.24, 2.45) is 0 Å². The summed E-state index contributed by atoms with van der Waals surface area (Å²) in [5, 5.41) is 0. The molecular weight excluding hydrogens is 300 g/mol. The zero-order valence-corrected chi connectivity index (χ0v) is 13.2. The zero-order chi connectivity index (χ0) is 13.8. The summed E-state index contributed by atoms with van der Waals surface area (Å²) in [5.41, 5.74) is 3.88. The fourth-order valence-electron chi connectivity index (χ4n) is 2.02. The average Bonchev–Trinajstić information content (AvgIpc) is 2.42. The summed E-state index contributed by atoms with van der Waals surface area (Å²) in [6, 6.07) is 10.8. The zero-order valence-electron chi connectivity index (χ0n) is 11.7. The Labute approximate surface area is 123 Å². The van der Waals surface area contributed by atoms with Gasteiger partial charge < -0.3 is 4.90 Å². The standard InChI is InChI=1S/C16H19BrN2/c1-4-13-5-7-14(8-6-13)11-19(3)16-15(17)12(2)9-10-18-16/h5-10H,4,11H2,1-3H3. The second-order valence-electron chi connectivity index (χ2n) is 4.79. The first-order valence-electron chi connectivity index (χ1n) is 6.52. The van der Waals surface area contributed by atoms with Gasteiger partial charge in [-0.3, -0.25) is 0 Å². The molecule has 0 unspecified atom stereocenters. The minimum atomic E-state index is 0.860. The molecule has 0 aliphatic rings. The van der Waals surface area contributed by atoms with E-state index >= 15 is 0 Å². The van der Waals surface area contributed by atoms with Crippen LogP contribution in [0.1, 0.15) is 23.6 Å². The molecule has 0 amide bonds. The highest BCUT2D eigenvalue weighted by Crippen LogP contribution is 2.26. The minimum absolute atomic E-state index is 0.860. The molecule has 0 radical (unpaired) electrons. The molecule has 1 heterocycles. The van der Waals surface area contributed by atoms with Gasteiger partial charge in [-0.2, -0.15) is 0 Å². The van der Waals surface area contributed by atoms with Crippen LogP contribution >= 0.6 is 15.9 Å². The minimum Gasteiger partial charge on any atom is -0.354 e. The molecule has 0 aliphatic carbocycles. The highest BCUT2D eigenvalue weighted by atomic mass is 79.9. The van der Waals surface area contributed by atoms with Crippen molar-refractivity contribution in [2.75, 3.05) is 11.9 Å². The van der Waals surface area contributed by atoms with Gasteiger partial charge in [0, 0.05) is 19.8 Å². The second kappa shape index (κ2) is 6.20. The van der Waals surface area contributed by atoms with Crippen LogP contribution in [0.2, 0.25) is 0 Å². The fourth-order valence-corrected chi connectivity index (χ4v) is 2.56. The van der Waals surface area contributed by atoms with Crippen molar-refractivity contribution in [3.63, 3.8) is 0 Å². The van der Waals surface area contributed by atoms with Crippen LogP contribution in [0.4, 0.5) is 5.82 Å². The number of pyridine rings is 1. The lowest BCUT2D eigenvalue weighted by molar-refractivity contribution is 0.890. The molecule has 0 saturated carbocycles. The van der Waals surface area contributed by atoms with Crippen LogP contribution in [-0.4, -0.2) is 12.0 Å². The van der Waals surface area contributed by atoms with E-state index in [0.717, 1.165) is 23.3 Å². The summed E-state index contributed by atoms with van der Waals surface area (Å²) in [5.74, 6) is 0.986. The van der Waals surface area contributed by atoms with Crippen molar-refractivity contribution in [1.82, 2.24) is 4.98 Å². The van der Waals surface area contributed by atoms with Gasteiger partial charge in [0.1, 0.15) is 5.82 Å². The van der Waals surface area contributed by atoms with E-state index in [9.17, 15) is 0 Å². The smallest absolute Gasteiger partial charge is 0.143 e. The highest BCUT2D eigenvalue weighted by molar-refractivity contribution is 9.10. The molecule has 2 aromatic rings. The summed E-state index contributed by atoms with van der Waals surface area (Å²) >= 11 is 3.61. The maximum Gasteiger partial charge on any atom is 0.143 e. The Kier molecular flexibility index (Phi) is 4.59. The van der Waals surface area contributed by atoms with Gasteiger partial charge in [-0.25, -0.2) is 4.98 Å². The molecule has 0 bridgehead atoms. The fraction of sp³-hybridized carbons (Fsp3) is 0.312. The average molecular weight is 319 g/mol. The Morgan fingerprint density at radius 1 is 1.11 bits per heavy atom. The maximum absolute atomic E-state index is 4.45. The summed E-state index contributed by atoms with van der Waals surface area (Å²) in [4.78, 5) is 6.61. The Bertz CT molecular complexity index is 549. The predicted molar refractivity (Wildman–Crippen MR) is 84.6 cm³/mol. The third-order valence-corrected chi connectivity index (χ3v) is 4.26. The van der Waals surface area contributed by atoms with Crippen LogP contribution in [0.5, 0.6) is 0 Å². The molecule has 0 saturated heterocycles. The van der Waals surface area contributed by atoms with Crippen molar-refractivity contribution in [2.45, 2.75) is 26.8 Å². The second-order valence-corrected chi connectivity index (χ2v) is 5.58. The first-order chi connectivity index (χ1) is 9.11. The summed E-state index contributed by atoms with van der Waals surface area (Å²) in [6.07, 6.45) is 2.94. The Hall–Kier alpha value is -1.35. The van der Waals surface area contributed by atoms with Crippen LogP contribution in [0, 0.1) is 6.92 Å². The first kappa shape index (κ1) is 14.1. The van der Waals surface area contributed by atoms with Gasteiger partial charge in [-0.05, 0) is 52.0 Å². The molecule has 100 valence electrons. The molecule has 1 aromatic heterocycles. The van der Waals surface area contributed by atoms with Crippen LogP contribution in [-0.2, 0) is 13.0 Å². The number of rotatable bonds is 4. The van der Waals surface area contributed by atoms with Crippen molar-refractivity contribution in [3.05, 3.63) is 57.7 Å². The quantitative estimate of drug-likeness (QED) is 0.833. The molecule has 19 heavy (non-hydrogen) atoms. The number of aromatic nitrogens is 1. The molecule has 2 nitrogen and oxygen atoms in total. The number of benzene rings is 1. The Balaban J connectivity index is 2.15. The molecular formula is C16H19BrN2. The van der Waals surface area contributed by atoms with Crippen molar-refractivity contribution in [1.29, 1.82) is 0 Å². The molecule has 0 spiro atoms. The monoisotopic (exact) mass is 318 g/mol.